The van der Waals surface area contributed by atoms with E-state index in [0.29, 0.717) is 6.54 Å². The molecule has 100 valence electrons. The van der Waals surface area contributed by atoms with Gasteiger partial charge in [-0.3, -0.25) is 4.79 Å². The fourth-order valence-corrected chi connectivity index (χ4v) is 2.26. The summed E-state index contributed by atoms with van der Waals surface area (Å²) in [4.78, 5) is 17.8. The Balaban J connectivity index is 1.53. The average Bonchev–Trinajstić information content (AvgIpc) is 2.92. The molecule has 0 unspecified atom stereocenters. The van der Waals surface area contributed by atoms with E-state index in [1.165, 1.54) is 6.42 Å². The predicted molar refractivity (Wildman–Crippen MR) is 70.1 cm³/mol. The Labute approximate surface area is 108 Å². The summed E-state index contributed by atoms with van der Waals surface area (Å²) in [6.07, 6.45) is 10.2. The van der Waals surface area contributed by atoms with Crippen molar-refractivity contribution >= 4 is 5.91 Å². The van der Waals surface area contributed by atoms with E-state index in [1.807, 2.05) is 22.0 Å². The number of hydrogen-bond donors (Lipinski definition) is 1. The van der Waals surface area contributed by atoms with E-state index in [0.717, 1.165) is 45.4 Å². The van der Waals surface area contributed by atoms with E-state index >= 15 is 0 Å². The summed E-state index contributed by atoms with van der Waals surface area (Å²) < 4.78 is 2.05. The first kappa shape index (κ1) is 13.1. The first-order chi connectivity index (χ1) is 8.86. The Morgan fingerprint density at radius 3 is 2.83 bits per heavy atom. The zero-order chi connectivity index (χ0) is 12.6. The number of piperidine rings is 1. The molecule has 0 aromatic carbocycles. The van der Waals surface area contributed by atoms with Gasteiger partial charge in [0.1, 0.15) is 0 Å². The molecule has 0 radical (unpaired) electrons. The molecule has 1 aromatic rings. The molecule has 0 bridgehead atoms. The first-order valence-corrected chi connectivity index (χ1v) is 6.80. The largest absolute Gasteiger partial charge is 0.342 e. The third kappa shape index (κ3) is 4.14. The highest BCUT2D eigenvalue weighted by Crippen LogP contribution is 2.08. The summed E-state index contributed by atoms with van der Waals surface area (Å²) in [7, 11) is 0. The minimum atomic E-state index is 0.248. The van der Waals surface area contributed by atoms with Crippen LogP contribution in [0, 0.1) is 0 Å². The molecule has 5 nitrogen and oxygen atoms in total. The van der Waals surface area contributed by atoms with Gasteiger partial charge in [0.15, 0.2) is 0 Å². The number of amides is 1. The van der Waals surface area contributed by atoms with E-state index in [9.17, 15) is 4.79 Å². The van der Waals surface area contributed by atoms with Gasteiger partial charge in [-0.2, -0.15) is 0 Å². The number of likely N-dealkylation sites (tertiary alicyclic amines) is 1. The zero-order valence-corrected chi connectivity index (χ0v) is 10.8. The van der Waals surface area contributed by atoms with Gasteiger partial charge in [-0.25, -0.2) is 4.98 Å². The topological polar surface area (TPSA) is 50.2 Å². The molecule has 1 aliphatic heterocycles. The number of nitrogens with one attached hydrogen (secondary N) is 1. The van der Waals surface area contributed by atoms with E-state index < -0.39 is 0 Å². The predicted octanol–water partition coefficient (Wildman–Crippen LogP) is 0.875. The van der Waals surface area contributed by atoms with Crippen LogP contribution in [-0.2, 0) is 11.3 Å². The van der Waals surface area contributed by atoms with Crippen molar-refractivity contribution in [3.05, 3.63) is 18.7 Å². The number of hydrogen-bond acceptors (Lipinski definition) is 3. The second-order valence-corrected chi connectivity index (χ2v) is 4.77. The minimum absolute atomic E-state index is 0.248. The molecule has 18 heavy (non-hydrogen) atoms. The number of aryl methyl sites for hydroxylation is 1. The number of nitrogens with zero attached hydrogens (tertiary/aromatic N) is 3. The smallest absolute Gasteiger partial charge is 0.236 e. The lowest BCUT2D eigenvalue weighted by Crippen LogP contribution is -2.41. The maximum atomic E-state index is 11.8. The Bertz CT molecular complexity index is 344. The van der Waals surface area contributed by atoms with Gasteiger partial charge in [0.25, 0.3) is 0 Å². The van der Waals surface area contributed by atoms with Crippen LogP contribution in [0.25, 0.3) is 0 Å². The van der Waals surface area contributed by atoms with Crippen molar-refractivity contribution in [2.75, 3.05) is 26.2 Å². The summed E-state index contributed by atoms with van der Waals surface area (Å²) in [5.74, 6) is 0.248. The molecule has 1 amide bonds. The van der Waals surface area contributed by atoms with Crippen LogP contribution in [0.15, 0.2) is 18.7 Å². The summed E-state index contributed by atoms with van der Waals surface area (Å²) in [5.41, 5.74) is 0. The minimum Gasteiger partial charge on any atom is -0.342 e. The highest BCUT2D eigenvalue weighted by molar-refractivity contribution is 5.78. The average molecular weight is 250 g/mol. The van der Waals surface area contributed by atoms with Crippen LogP contribution in [0.3, 0.4) is 0 Å². The number of carbonyl (C=O) groups excluding carboxylic acids is 1. The van der Waals surface area contributed by atoms with Gasteiger partial charge >= 0.3 is 0 Å². The van der Waals surface area contributed by atoms with Crippen molar-refractivity contribution in [2.45, 2.75) is 32.2 Å². The Kier molecular flexibility index (Phi) is 5.20. The van der Waals surface area contributed by atoms with Gasteiger partial charge in [-0.1, -0.05) is 0 Å². The van der Waals surface area contributed by atoms with Crippen LogP contribution in [0.5, 0.6) is 0 Å². The van der Waals surface area contributed by atoms with Crippen LogP contribution in [-0.4, -0.2) is 46.5 Å². The molecular weight excluding hydrogens is 228 g/mol. The van der Waals surface area contributed by atoms with Gasteiger partial charge in [-0.15, -0.1) is 0 Å². The number of carbonyl (C=O) groups is 1. The van der Waals surface area contributed by atoms with E-state index in [1.54, 1.807) is 6.20 Å². The van der Waals surface area contributed by atoms with Gasteiger partial charge < -0.3 is 14.8 Å². The van der Waals surface area contributed by atoms with E-state index in [2.05, 4.69) is 10.3 Å². The monoisotopic (exact) mass is 250 g/mol. The molecule has 1 aliphatic rings. The highest BCUT2D eigenvalue weighted by atomic mass is 16.2. The van der Waals surface area contributed by atoms with Crippen molar-refractivity contribution in [2.24, 2.45) is 0 Å². The third-order valence-electron chi connectivity index (χ3n) is 3.31. The molecule has 0 saturated carbocycles. The normalized spacial score (nSPS) is 15.9. The second-order valence-electron chi connectivity index (χ2n) is 4.77. The van der Waals surface area contributed by atoms with Crippen LogP contribution in [0.1, 0.15) is 25.7 Å². The standard InChI is InChI=1S/C13H22N4O/c18-13(17-8-2-1-3-9-17)11-14-5-4-7-16-10-6-15-12-16/h6,10,12,14H,1-5,7-9,11H2. The maximum Gasteiger partial charge on any atom is 0.236 e. The molecule has 2 rings (SSSR count). The lowest BCUT2D eigenvalue weighted by Gasteiger charge is -2.26. The summed E-state index contributed by atoms with van der Waals surface area (Å²) >= 11 is 0. The van der Waals surface area contributed by atoms with Gasteiger partial charge in [0.05, 0.1) is 12.9 Å². The molecule has 5 heteroatoms. The van der Waals surface area contributed by atoms with E-state index in [4.69, 9.17) is 0 Å². The van der Waals surface area contributed by atoms with Crippen LogP contribution in [0.4, 0.5) is 0 Å². The molecule has 0 spiro atoms. The summed E-state index contributed by atoms with van der Waals surface area (Å²) in [5, 5.41) is 3.22. The Hall–Kier alpha value is -1.36. The molecule has 2 heterocycles. The number of imidazole rings is 1. The molecule has 0 aliphatic carbocycles. The van der Waals surface area contributed by atoms with Crippen molar-refractivity contribution < 1.29 is 4.79 Å². The number of aromatic nitrogens is 2. The summed E-state index contributed by atoms with van der Waals surface area (Å²) in [6, 6.07) is 0. The van der Waals surface area contributed by atoms with E-state index in [-0.39, 0.29) is 5.91 Å². The molecule has 0 atom stereocenters. The van der Waals surface area contributed by atoms with Gasteiger partial charge in [0, 0.05) is 32.0 Å². The first-order valence-electron chi connectivity index (χ1n) is 6.80. The van der Waals surface area contributed by atoms with Gasteiger partial charge in [0.2, 0.25) is 5.91 Å². The zero-order valence-electron chi connectivity index (χ0n) is 10.8. The Morgan fingerprint density at radius 2 is 2.11 bits per heavy atom. The van der Waals surface area contributed by atoms with Crippen molar-refractivity contribution in [1.82, 2.24) is 19.8 Å². The van der Waals surface area contributed by atoms with Crippen LogP contribution < -0.4 is 5.32 Å². The molecule has 1 saturated heterocycles. The molecule has 1 fully saturated rings. The lowest BCUT2D eigenvalue weighted by molar-refractivity contribution is -0.131. The second kappa shape index (κ2) is 7.16. The van der Waals surface area contributed by atoms with Crippen molar-refractivity contribution in [3.8, 4) is 0 Å². The number of rotatable bonds is 6. The maximum absolute atomic E-state index is 11.8. The quantitative estimate of drug-likeness (QED) is 0.762. The summed E-state index contributed by atoms with van der Waals surface area (Å²) in [6.45, 7) is 4.18. The lowest BCUT2D eigenvalue weighted by atomic mass is 10.1. The SMILES string of the molecule is O=C(CNCCCn1ccnc1)N1CCCCC1. The molecule has 1 aromatic heterocycles. The van der Waals surface area contributed by atoms with Gasteiger partial charge in [-0.05, 0) is 32.2 Å². The Morgan fingerprint density at radius 1 is 1.28 bits per heavy atom. The van der Waals surface area contributed by atoms with Crippen molar-refractivity contribution in [3.63, 3.8) is 0 Å². The highest BCUT2D eigenvalue weighted by Gasteiger charge is 2.15. The fraction of sp³-hybridized carbons (Fsp3) is 0.692. The third-order valence-corrected chi connectivity index (χ3v) is 3.31. The van der Waals surface area contributed by atoms with Crippen LogP contribution in [0.2, 0.25) is 0 Å². The van der Waals surface area contributed by atoms with Crippen LogP contribution >= 0.6 is 0 Å². The molecule has 1 N–H and O–H groups in total. The molecular formula is C13H22N4O. The fourth-order valence-electron chi connectivity index (χ4n) is 2.26. The van der Waals surface area contributed by atoms with Crippen molar-refractivity contribution in [1.29, 1.82) is 0 Å².